The van der Waals surface area contributed by atoms with Crippen molar-refractivity contribution in [2.24, 2.45) is 5.92 Å². The molecule has 1 saturated heterocycles. The van der Waals surface area contributed by atoms with Crippen molar-refractivity contribution in [2.75, 3.05) is 13.1 Å². The molecule has 0 spiro atoms. The molecule has 6 nitrogen and oxygen atoms in total. The van der Waals surface area contributed by atoms with Crippen LogP contribution in [0.25, 0.3) is 0 Å². The van der Waals surface area contributed by atoms with Crippen LogP contribution < -0.4 is 10.6 Å². The average Bonchev–Trinajstić information content (AvgIpc) is 3.10. The van der Waals surface area contributed by atoms with Crippen LogP contribution in [0.4, 0.5) is 0 Å². The molecule has 2 heterocycles. The van der Waals surface area contributed by atoms with E-state index in [2.05, 4.69) is 10.6 Å². The summed E-state index contributed by atoms with van der Waals surface area (Å²) in [7, 11) is 0. The van der Waals surface area contributed by atoms with Crippen molar-refractivity contribution >= 4 is 17.7 Å². The fraction of sp³-hybridized carbons (Fsp3) is 0.471. The third-order valence-electron chi connectivity index (χ3n) is 4.41. The molecule has 0 radical (unpaired) electrons. The predicted octanol–water partition coefficient (Wildman–Crippen LogP) is 0.785. The number of benzene rings is 1. The zero-order valence-corrected chi connectivity index (χ0v) is 13.3. The monoisotopic (exact) mass is 315 g/mol. The highest BCUT2D eigenvalue weighted by Gasteiger charge is 2.44. The van der Waals surface area contributed by atoms with Crippen LogP contribution in [0, 0.1) is 5.92 Å². The summed E-state index contributed by atoms with van der Waals surface area (Å²) in [6.07, 6.45) is 0.860. The minimum atomic E-state index is -0.789. The van der Waals surface area contributed by atoms with Crippen LogP contribution in [0.2, 0.25) is 0 Å². The summed E-state index contributed by atoms with van der Waals surface area (Å²) in [5.74, 6) is -1.19. The van der Waals surface area contributed by atoms with Gasteiger partial charge in [0.1, 0.15) is 6.04 Å². The van der Waals surface area contributed by atoms with Gasteiger partial charge >= 0.3 is 0 Å². The first-order valence-electron chi connectivity index (χ1n) is 7.98. The lowest BCUT2D eigenvalue weighted by molar-refractivity contribution is -0.126. The molecular formula is C17H21N3O3. The van der Waals surface area contributed by atoms with E-state index in [1.807, 2.05) is 13.8 Å². The van der Waals surface area contributed by atoms with Gasteiger partial charge in [-0.1, -0.05) is 26.0 Å². The second-order valence-corrected chi connectivity index (χ2v) is 6.41. The van der Waals surface area contributed by atoms with Gasteiger partial charge in [0, 0.05) is 12.6 Å². The lowest BCUT2D eigenvalue weighted by Crippen LogP contribution is -2.54. The normalized spacial score (nSPS) is 21.7. The van der Waals surface area contributed by atoms with Crippen LogP contribution in [-0.4, -0.2) is 47.8 Å². The minimum Gasteiger partial charge on any atom is -0.350 e. The van der Waals surface area contributed by atoms with Crippen molar-refractivity contribution in [3.63, 3.8) is 0 Å². The number of amides is 3. The summed E-state index contributed by atoms with van der Waals surface area (Å²) in [6, 6.07) is 5.98. The molecule has 3 rings (SSSR count). The van der Waals surface area contributed by atoms with E-state index >= 15 is 0 Å². The van der Waals surface area contributed by atoms with Crippen molar-refractivity contribution < 1.29 is 14.4 Å². The summed E-state index contributed by atoms with van der Waals surface area (Å²) in [5, 5.41) is 6.14. The van der Waals surface area contributed by atoms with Crippen LogP contribution >= 0.6 is 0 Å². The number of hydrogen-bond acceptors (Lipinski definition) is 4. The number of carbonyl (C=O) groups is 3. The molecule has 2 N–H and O–H groups in total. The molecule has 1 fully saturated rings. The van der Waals surface area contributed by atoms with Gasteiger partial charge in [-0.2, -0.15) is 0 Å². The topological polar surface area (TPSA) is 78.5 Å². The second-order valence-electron chi connectivity index (χ2n) is 6.41. The highest BCUT2D eigenvalue weighted by molar-refractivity contribution is 6.22. The Hall–Kier alpha value is -2.21. The Bertz CT molecular complexity index is 615. The molecule has 2 aliphatic heterocycles. The van der Waals surface area contributed by atoms with E-state index in [0.717, 1.165) is 24.4 Å². The molecule has 23 heavy (non-hydrogen) atoms. The maximum atomic E-state index is 12.7. The molecule has 1 aromatic rings. The Morgan fingerprint density at radius 1 is 1.22 bits per heavy atom. The molecule has 0 aromatic heterocycles. The van der Waals surface area contributed by atoms with Crippen LogP contribution in [0.1, 0.15) is 41.0 Å². The van der Waals surface area contributed by atoms with Crippen molar-refractivity contribution in [3.05, 3.63) is 35.4 Å². The molecule has 2 unspecified atom stereocenters. The van der Waals surface area contributed by atoms with Gasteiger partial charge in [0.25, 0.3) is 11.8 Å². The van der Waals surface area contributed by atoms with Crippen molar-refractivity contribution in [1.82, 2.24) is 15.5 Å². The maximum absolute atomic E-state index is 12.7. The highest BCUT2D eigenvalue weighted by Crippen LogP contribution is 2.27. The number of fused-ring (bicyclic) bond motifs is 1. The summed E-state index contributed by atoms with van der Waals surface area (Å²) in [6.45, 7) is 5.28. The van der Waals surface area contributed by atoms with E-state index in [0.29, 0.717) is 11.1 Å². The lowest BCUT2D eigenvalue weighted by atomic mass is 10.0. The largest absolute Gasteiger partial charge is 0.350 e. The van der Waals surface area contributed by atoms with Gasteiger partial charge in [0.2, 0.25) is 5.91 Å². The fourth-order valence-corrected chi connectivity index (χ4v) is 3.24. The van der Waals surface area contributed by atoms with Gasteiger partial charge in [-0.25, -0.2) is 0 Å². The first-order valence-corrected chi connectivity index (χ1v) is 7.98. The van der Waals surface area contributed by atoms with Crippen molar-refractivity contribution in [1.29, 1.82) is 0 Å². The van der Waals surface area contributed by atoms with Gasteiger partial charge in [-0.3, -0.25) is 19.3 Å². The molecule has 6 heteroatoms. The summed E-state index contributed by atoms with van der Waals surface area (Å²) in [4.78, 5) is 39.0. The van der Waals surface area contributed by atoms with Crippen LogP contribution in [-0.2, 0) is 4.79 Å². The van der Waals surface area contributed by atoms with Gasteiger partial charge in [-0.05, 0) is 31.0 Å². The molecule has 2 aliphatic rings. The molecule has 2 atom stereocenters. The van der Waals surface area contributed by atoms with E-state index < -0.39 is 6.04 Å². The standard InChI is InChI=1S/C17H21N3O3/c1-10(2)14(15(21)19-11-7-8-18-9-11)20-16(22)12-5-3-4-6-13(12)17(20)23/h3-6,10-11,14,18H,7-9H2,1-2H3,(H,19,21). The van der Waals surface area contributed by atoms with Gasteiger partial charge in [0.15, 0.2) is 0 Å². The number of nitrogens with zero attached hydrogens (tertiary/aromatic N) is 1. The lowest BCUT2D eigenvalue weighted by Gasteiger charge is -2.29. The second kappa shape index (κ2) is 6.12. The predicted molar refractivity (Wildman–Crippen MR) is 85.0 cm³/mol. The van der Waals surface area contributed by atoms with Crippen LogP contribution in [0.3, 0.4) is 0 Å². The quantitative estimate of drug-likeness (QED) is 0.805. The van der Waals surface area contributed by atoms with Gasteiger partial charge < -0.3 is 10.6 Å². The smallest absolute Gasteiger partial charge is 0.262 e. The van der Waals surface area contributed by atoms with Crippen molar-refractivity contribution in [2.45, 2.75) is 32.4 Å². The zero-order chi connectivity index (χ0) is 16.6. The molecule has 0 saturated carbocycles. The van der Waals surface area contributed by atoms with E-state index in [9.17, 15) is 14.4 Å². The Morgan fingerprint density at radius 3 is 2.30 bits per heavy atom. The SMILES string of the molecule is CC(C)C(C(=O)NC1CCNC1)N1C(=O)c2ccccc2C1=O. The average molecular weight is 315 g/mol. The number of carbonyl (C=O) groups excluding carboxylic acids is 3. The van der Waals surface area contributed by atoms with Gasteiger partial charge in [-0.15, -0.1) is 0 Å². The van der Waals surface area contributed by atoms with Crippen LogP contribution in [0.15, 0.2) is 24.3 Å². The summed E-state index contributed by atoms with van der Waals surface area (Å²) < 4.78 is 0. The Balaban J connectivity index is 1.86. The maximum Gasteiger partial charge on any atom is 0.262 e. The molecule has 0 bridgehead atoms. The minimum absolute atomic E-state index is 0.0546. The zero-order valence-electron chi connectivity index (χ0n) is 13.3. The number of nitrogens with one attached hydrogen (secondary N) is 2. The first-order chi connectivity index (χ1) is 11.0. The van der Waals surface area contributed by atoms with E-state index in [4.69, 9.17) is 0 Å². The van der Waals surface area contributed by atoms with E-state index in [1.165, 1.54) is 0 Å². The third kappa shape index (κ3) is 2.74. The molecule has 122 valence electrons. The molecule has 1 aromatic carbocycles. The number of rotatable bonds is 4. The molecule has 0 aliphatic carbocycles. The van der Waals surface area contributed by atoms with E-state index in [-0.39, 0.29) is 29.7 Å². The van der Waals surface area contributed by atoms with Gasteiger partial charge in [0.05, 0.1) is 11.1 Å². The summed E-state index contributed by atoms with van der Waals surface area (Å²) >= 11 is 0. The molecule has 3 amide bonds. The Morgan fingerprint density at radius 2 is 1.83 bits per heavy atom. The van der Waals surface area contributed by atoms with Crippen molar-refractivity contribution in [3.8, 4) is 0 Å². The summed E-state index contributed by atoms with van der Waals surface area (Å²) in [5.41, 5.74) is 0.747. The third-order valence-corrected chi connectivity index (χ3v) is 4.41. The highest BCUT2D eigenvalue weighted by atomic mass is 16.2. The molecular weight excluding hydrogens is 294 g/mol. The fourth-order valence-electron chi connectivity index (χ4n) is 3.24. The van der Waals surface area contributed by atoms with E-state index in [1.54, 1.807) is 24.3 Å². The first kappa shape index (κ1) is 15.7. The number of hydrogen-bond donors (Lipinski definition) is 2. The Labute approximate surface area is 135 Å². The van der Waals surface area contributed by atoms with Crippen LogP contribution in [0.5, 0.6) is 0 Å². The number of imide groups is 1. The Kier molecular flexibility index (Phi) is 4.17.